The number of Topliss-reactive ketones (excluding diaryl/α,β-unsaturated/α-hetero) is 1. The zero-order valence-corrected chi connectivity index (χ0v) is 10.2. The molecule has 0 unspecified atom stereocenters. The predicted octanol–water partition coefficient (Wildman–Crippen LogP) is 1.48. The van der Waals surface area contributed by atoms with Crippen LogP contribution in [0.25, 0.3) is 0 Å². The van der Waals surface area contributed by atoms with Crippen LogP contribution in [0, 0.1) is 0 Å². The van der Waals surface area contributed by atoms with E-state index in [1.54, 1.807) is 31.2 Å². The molecule has 0 aliphatic rings. The largest absolute Gasteiger partial charge is 0.378 e. The Balaban J connectivity index is 2.80. The number of rotatable bonds is 5. The average molecular weight is 241 g/mol. The number of carbonyl (C=O) groups excluding carboxylic acids is 1. The Bertz CT molecular complexity index is 463. The lowest BCUT2D eigenvalue weighted by molar-refractivity contribution is -0.115. The van der Waals surface area contributed by atoms with Crippen LogP contribution in [0.15, 0.2) is 29.2 Å². The Morgan fingerprint density at radius 1 is 1.25 bits per heavy atom. The van der Waals surface area contributed by atoms with Crippen LogP contribution >= 0.6 is 0 Å². The average Bonchev–Trinajstić information content (AvgIpc) is 2.27. The molecule has 0 radical (unpaired) electrons. The van der Waals surface area contributed by atoms with Gasteiger partial charge in [-0.25, -0.2) is 8.42 Å². The fourth-order valence-corrected chi connectivity index (χ4v) is 2.06. The first-order valence-electron chi connectivity index (χ1n) is 5.02. The first kappa shape index (κ1) is 12.7. The van der Waals surface area contributed by atoms with E-state index in [4.69, 9.17) is 0 Å². The number of benzene rings is 1. The minimum Gasteiger partial charge on any atom is -0.378 e. The molecular formula is C11H15NO3S. The predicted molar refractivity (Wildman–Crippen MR) is 63.3 cm³/mol. The van der Waals surface area contributed by atoms with E-state index in [-0.39, 0.29) is 18.1 Å². The van der Waals surface area contributed by atoms with Crippen LogP contribution < -0.4 is 5.32 Å². The molecule has 0 aliphatic heterocycles. The van der Waals surface area contributed by atoms with Gasteiger partial charge in [-0.05, 0) is 31.2 Å². The van der Waals surface area contributed by atoms with Gasteiger partial charge in [0.2, 0.25) is 0 Å². The van der Waals surface area contributed by atoms with Crippen LogP contribution in [0.4, 0.5) is 5.69 Å². The van der Waals surface area contributed by atoms with Gasteiger partial charge in [0.1, 0.15) is 5.78 Å². The molecule has 16 heavy (non-hydrogen) atoms. The van der Waals surface area contributed by atoms with E-state index in [1.807, 2.05) is 0 Å². The highest BCUT2D eigenvalue weighted by atomic mass is 32.2. The highest BCUT2D eigenvalue weighted by molar-refractivity contribution is 7.91. The van der Waals surface area contributed by atoms with E-state index < -0.39 is 9.84 Å². The van der Waals surface area contributed by atoms with E-state index in [0.717, 1.165) is 5.69 Å². The molecule has 88 valence electrons. The summed E-state index contributed by atoms with van der Waals surface area (Å²) in [7, 11) is -3.14. The molecule has 0 saturated heterocycles. The van der Waals surface area contributed by atoms with Gasteiger partial charge in [0.25, 0.3) is 0 Å². The summed E-state index contributed by atoms with van der Waals surface area (Å²) < 4.78 is 23.0. The van der Waals surface area contributed by atoms with Gasteiger partial charge >= 0.3 is 0 Å². The fraction of sp³-hybridized carbons (Fsp3) is 0.364. The molecule has 0 heterocycles. The summed E-state index contributed by atoms with van der Waals surface area (Å²) in [5.74, 6) is 0.123. The normalized spacial score (nSPS) is 11.1. The summed E-state index contributed by atoms with van der Waals surface area (Å²) in [6, 6.07) is 6.40. The SMILES string of the molecule is CCS(=O)(=O)c1ccc(NCC(C)=O)cc1. The van der Waals surface area contributed by atoms with Gasteiger partial charge in [-0.2, -0.15) is 0 Å². The Morgan fingerprint density at radius 2 is 1.81 bits per heavy atom. The molecular weight excluding hydrogens is 226 g/mol. The van der Waals surface area contributed by atoms with Gasteiger partial charge in [-0.1, -0.05) is 6.92 Å². The lowest BCUT2D eigenvalue weighted by atomic mass is 10.3. The molecule has 1 aromatic rings. The van der Waals surface area contributed by atoms with Crippen molar-refractivity contribution in [3.63, 3.8) is 0 Å². The third-order valence-corrected chi connectivity index (χ3v) is 3.89. The number of hydrogen-bond donors (Lipinski definition) is 1. The van der Waals surface area contributed by atoms with Crippen molar-refractivity contribution in [1.29, 1.82) is 0 Å². The molecule has 0 amide bonds. The van der Waals surface area contributed by atoms with E-state index in [2.05, 4.69) is 5.32 Å². The highest BCUT2D eigenvalue weighted by Crippen LogP contribution is 2.14. The zero-order chi connectivity index (χ0) is 12.2. The van der Waals surface area contributed by atoms with Crippen LogP contribution in [0.1, 0.15) is 13.8 Å². The smallest absolute Gasteiger partial charge is 0.178 e. The van der Waals surface area contributed by atoms with Crippen LogP contribution in [0.3, 0.4) is 0 Å². The monoisotopic (exact) mass is 241 g/mol. The maximum atomic E-state index is 11.5. The summed E-state index contributed by atoms with van der Waals surface area (Å²) in [6.07, 6.45) is 0. The second kappa shape index (κ2) is 5.12. The number of sulfone groups is 1. The van der Waals surface area contributed by atoms with Gasteiger partial charge < -0.3 is 5.32 Å². The molecule has 0 spiro atoms. The number of ketones is 1. The number of anilines is 1. The van der Waals surface area contributed by atoms with E-state index in [1.165, 1.54) is 6.92 Å². The van der Waals surface area contributed by atoms with E-state index in [9.17, 15) is 13.2 Å². The molecule has 1 aromatic carbocycles. The van der Waals surface area contributed by atoms with E-state index in [0.29, 0.717) is 4.90 Å². The molecule has 1 N–H and O–H groups in total. The third kappa shape index (κ3) is 3.34. The third-order valence-electron chi connectivity index (χ3n) is 2.13. The maximum Gasteiger partial charge on any atom is 0.178 e. The first-order chi connectivity index (χ1) is 7.45. The summed E-state index contributed by atoms with van der Waals surface area (Å²) in [6.45, 7) is 3.35. The van der Waals surface area contributed by atoms with Crippen molar-refractivity contribution in [1.82, 2.24) is 0 Å². The van der Waals surface area contributed by atoms with Crippen molar-refractivity contribution in [2.75, 3.05) is 17.6 Å². The molecule has 5 heteroatoms. The molecule has 0 fully saturated rings. The topological polar surface area (TPSA) is 63.2 Å². The number of nitrogens with one attached hydrogen (secondary N) is 1. The van der Waals surface area contributed by atoms with Crippen LogP contribution in [-0.2, 0) is 14.6 Å². The molecule has 0 atom stereocenters. The molecule has 1 rings (SSSR count). The van der Waals surface area contributed by atoms with Crippen molar-refractivity contribution in [3.8, 4) is 0 Å². The number of hydrogen-bond acceptors (Lipinski definition) is 4. The van der Waals surface area contributed by atoms with Crippen molar-refractivity contribution < 1.29 is 13.2 Å². The second-order valence-corrected chi connectivity index (χ2v) is 5.76. The minimum atomic E-state index is -3.14. The molecule has 0 aromatic heterocycles. The standard InChI is InChI=1S/C11H15NO3S/c1-3-16(14,15)11-6-4-10(5-7-11)12-8-9(2)13/h4-7,12H,3,8H2,1-2H3. The van der Waals surface area contributed by atoms with Gasteiger partial charge in [0.05, 0.1) is 17.2 Å². The lowest BCUT2D eigenvalue weighted by Gasteiger charge is -2.05. The van der Waals surface area contributed by atoms with E-state index >= 15 is 0 Å². The number of carbonyl (C=O) groups is 1. The highest BCUT2D eigenvalue weighted by Gasteiger charge is 2.10. The van der Waals surface area contributed by atoms with Gasteiger partial charge in [0, 0.05) is 5.69 Å². The Kier molecular flexibility index (Phi) is 4.06. The molecule has 0 saturated carbocycles. The maximum absolute atomic E-state index is 11.5. The van der Waals surface area contributed by atoms with Crippen LogP contribution in [0.2, 0.25) is 0 Å². The summed E-state index contributed by atoms with van der Waals surface area (Å²) in [4.78, 5) is 11.0. The summed E-state index contributed by atoms with van der Waals surface area (Å²) in [5, 5.41) is 2.90. The summed E-state index contributed by atoms with van der Waals surface area (Å²) in [5.41, 5.74) is 0.741. The van der Waals surface area contributed by atoms with Crippen LogP contribution in [-0.4, -0.2) is 26.5 Å². The summed E-state index contributed by atoms with van der Waals surface area (Å²) >= 11 is 0. The van der Waals surface area contributed by atoms with Crippen molar-refractivity contribution in [2.24, 2.45) is 0 Å². The fourth-order valence-electron chi connectivity index (χ4n) is 1.17. The minimum absolute atomic E-state index is 0.0326. The Morgan fingerprint density at radius 3 is 2.25 bits per heavy atom. The van der Waals surface area contributed by atoms with Gasteiger partial charge in [-0.15, -0.1) is 0 Å². The van der Waals surface area contributed by atoms with Crippen molar-refractivity contribution in [3.05, 3.63) is 24.3 Å². The Hall–Kier alpha value is -1.36. The van der Waals surface area contributed by atoms with Crippen molar-refractivity contribution >= 4 is 21.3 Å². The quantitative estimate of drug-likeness (QED) is 0.848. The van der Waals surface area contributed by atoms with Gasteiger partial charge in [-0.3, -0.25) is 4.79 Å². The Labute approximate surface area is 95.6 Å². The molecule has 4 nitrogen and oxygen atoms in total. The van der Waals surface area contributed by atoms with Crippen molar-refractivity contribution in [2.45, 2.75) is 18.7 Å². The first-order valence-corrected chi connectivity index (χ1v) is 6.67. The molecule has 0 bridgehead atoms. The lowest BCUT2D eigenvalue weighted by Crippen LogP contribution is -2.10. The second-order valence-electron chi connectivity index (χ2n) is 3.48. The zero-order valence-electron chi connectivity index (χ0n) is 9.36. The van der Waals surface area contributed by atoms with Gasteiger partial charge in [0.15, 0.2) is 9.84 Å². The molecule has 0 aliphatic carbocycles. The van der Waals surface area contributed by atoms with Crippen LogP contribution in [0.5, 0.6) is 0 Å².